The Labute approximate surface area is 291 Å². The van der Waals surface area contributed by atoms with Crippen LogP contribution in [-0.2, 0) is 41.1 Å². The first-order valence-electron chi connectivity index (χ1n) is 15.7. The van der Waals surface area contributed by atoms with Crippen LogP contribution in [0.5, 0.6) is 0 Å². The van der Waals surface area contributed by atoms with Crippen molar-refractivity contribution in [2.45, 2.75) is 49.2 Å². The number of carbonyl (C=O) groups excluding carboxylic acids is 2. The second kappa shape index (κ2) is 18.4. The summed E-state index contributed by atoms with van der Waals surface area (Å²) in [6.07, 6.45) is -0.845. The number of aliphatic hydroxyl groups is 2. The highest BCUT2D eigenvalue weighted by molar-refractivity contribution is 7.26. The van der Waals surface area contributed by atoms with Crippen LogP contribution in [0.4, 0.5) is 0 Å². The van der Waals surface area contributed by atoms with E-state index >= 15 is 0 Å². The smallest absolute Gasteiger partial charge is 0.309 e. The Balaban J connectivity index is 0.000000271. The van der Waals surface area contributed by atoms with Crippen LogP contribution in [0.3, 0.4) is 0 Å². The topological polar surface area (TPSA) is 235 Å². The first-order chi connectivity index (χ1) is 23.7. The minimum Gasteiger partial charge on any atom is -0.481 e. The van der Waals surface area contributed by atoms with Gasteiger partial charge in [0.2, 0.25) is 11.8 Å². The van der Waals surface area contributed by atoms with Gasteiger partial charge in [0.05, 0.1) is 28.8 Å². The van der Waals surface area contributed by atoms with Crippen molar-refractivity contribution in [3.05, 3.63) is 108 Å². The lowest BCUT2D eigenvalue weighted by atomic mass is 9.88. The maximum Gasteiger partial charge on any atom is 0.309 e. The highest BCUT2D eigenvalue weighted by Gasteiger charge is 2.42. The zero-order valence-electron chi connectivity index (χ0n) is 27.2. The molecule has 0 aliphatic heterocycles. The standard InChI is InChI=1S/C19H22NO5P.C17H20NO5P/c20-17(21)11-10-16(18(22)23)19(24,26-25)12-14-8-4-5-9-15(14)13-6-2-1-3-7-13;18-15(19)8-7-14(16(20)21)17(22,24-23)10-11-5-6-12-3-1-2-4-13(12)9-11/h1-9,16,24H,10-12,26H2,(H2,20,21)(H,22,23);1-6,9,14,22H,7-8,10,24H2,(H2,18,19)(H,20,21). The van der Waals surface area contributed by atoms with Crippen LogP contribution in [0.1, 0.15) is 36.8 Å². The van der Waals surface area contributed by atoms with E-state index in [4.69, 9.17) is 11.5 Å². The Morgan fingerprint density at radius 2 is 1.10 bits per heavy atom. The molecule has 0 aromatic heterocycles. The molecule has 0 heterocycles. The fourth-order valence-electron chi connectivity index (χ4n) is 5.80. The molecule has 4 aromatic carbocycles. The highest BCUT2D eigenvalue weighted by atomic mass is 31.1. The Bertz CT molecular complexity index is 1840. The number of hydrogen-bond acceptors (Lipinski definition) is 8. The fraction of sp³-hybridized carbons (Fsp3) is 0.278. The van der Waals surface area contributed by atoms with Crippen LogP contribution in [0.25, 0.3) is 21.9 Å². The zero-order chi connectivity index (χ0) is 36.9. The number of fused-ring (bicyclic) bond motifs is 1. The van der Waals surface area contributed by atoms with Crippen LogP contribution in [0.2, 0.25) is 0 Å². The summed E-state index contributed by atoms with van der Waals surface area (Å²) in [7, 11) is -3.61. The highest BCUT2D eigenvalue weighted by Crippen LogP contribution is 2.39. The minimum absolute atomic E-state index is 0.0631. The van der Waals surface area contributed by atoms with E-state index in [0.717, 1.165) is 21.9 Å². The van der Waals surface area contributed by atoms with Gasteiger partial charge in [-0.15, -0.1) is 0 Å². The number of hydrogen-bond donors (Lipinski definition) is 6. The monoisotopic (exact) mass is 724 g/mol. The molecule has 12 nitrogen and oxygen atoms in total. The number of amides is 2. The van der Waals surface area contributed by atoms with Crippen LogP contribution in [0.15, 0.2) is 97.1 Å². The van der Waals surface area contributed by atoms with Gasteiger partial charge in [0.25, 0.3) is 0 Å². The maximum absolute atomic E-state index is 11.8. The number of carboxylic acid groups (broad SMARTS) is 2. The van der Waals surface area contributed by atoms with Gasteiger partial charge in [-0.3, -0.25) is 19.2 Å². The van der Waals surface area contributed by atoms with Gasteiger partial charge < -0.3 is 41.0 Å². The quantitative estimate of drug-likeness (QED) is 0.0853. The molecular weight excluding hydrogens is 682 g/mol. The molecule has 2 amide bonds. The van der Waals surface area contributed by atoms with Gasteiger partial charge in [-0.25, -0.2) is 0 Å². The van der Waals surface area contributed by atoms with E-state index in [2.05, 4.69) is 0 Å². The summed E-state index contributed by atoms with van der Waals surface area (Å²) in [4.78, 5) is 45.0. The van der Waals surface area contributed by atoms with Crippen LogP contribution in [-0.4, -0.2) is 54.9 Å². The molecule has 0 radical (unpaired) electrons. The summed E-state index contributed by atoms with van der Waals surface area (Å²) in [6, 6.07) is 29.8. The number of primary amides is 2. The lowest BCUT2D eigenvalue weighted by Crippen LogP contribution is -2.40. The van der Waals surface area contributed by atoms with Crippen molar-refractivity contribution in [2.24, 2.45) is 23.3 Å². The lowest BCUT2D eigenvalue weighted by molar-refractivity contribution is -0.149. The second-order valence-electron chi connectivity index (χ2n) is 12.1. The van der Waals surface area contributed by atoms with Gasteiger partial charge in [0, 0.05) is 25.7 Å². The van der Waals surface area contributed by atoms with Crippen molar-refractivity contribution in [2.75, 3.05) is 0 Å². The van der Waals surface area contributed by atoms with Crippen molar-refractivity contribution in [3.8, 4) is 11.1 Å². The van der Waals surface area contributed by atoms with E-state index in [1.165, 1.54) is 0 Å². The van der Waals surface area contributed by atoms with Crippen LogP contribution < -0.4 is 11.5 Å². The van der Waals surface area contributed by atoms with Crippen molar-refractivity contribution in [1.29, 1.82) is 0 Å². The predicted octanol–water partition coefficient (Wildman–Crippen LogP) is 4.10. The molecule has 0 saturated carbocycles. The first-order valence-corrected chi connectivity index (χ1v) is 17.8. The molecule has 8 N–H and O–H groups in total. The minimum atomic E-state index is -1.94. The third-order valence-electron chi connectivity index (χ3n) is 8.45. The van der Waals surface area contributed by atoms with Crippen LogP contribution in [0, 0.1) is 11.8 Å². The third-order valence-corrected chi connectivity index (χ3v) is 10.5. The van der Waals surface area contributed by atoms with Gasteiger partial charge in [-0.05, 0) is 45.9 Å². The van der Waals surface area contributed by atoms with E-state index in [1.54, 1.807) is 18.2 Å². The number of carbonyl (C=O) groups is 4. The van der Waals surface area contributed by atoms with Gasteiger partial charge in [-0.1, -0.05) is 97.1 Å². The average molecular weight is 725 g/mol. The van der Waals surface area contributed by atoms with E-state index in [1.807, 2.05) is 78.9 Å². The molecular formula is C36H42N2O10P2. The zero-order valence-corrected chi connectivity index (χ0v) is 29.5. The van der Waals surface area contributed by atoms with E-state index < -0.39 is 63.2 Å². The Kier molecular flexibility index (Phi) is 14.7. The normalized spacial score (nSPS) is 15.1. The number of benzene rings is 4. The number of nitrogens with two attached hydrogens (primary N) is 2. The molecule has 266 valence electrons. The molecule has 4 rings (SSSR count). The van der Waals surface area contributed by atoms with Gasteiger partial charge >= 0.3 is 11.9 Å². The molecule has 50 heavy (non-hydrogen) atoms. The number of carboxylic acids is 2. The molecule has 6 atom stereocenters. The summed E-state index contributed by atoms with van der Waals surface area (Å²) in [6.45, 7) is 0. The largest absolute Gasteiger partial charge is 0.481 e. The van der Waals surface area contributed by atoms with Crippen molar-refractivity contribution < 1.29 is 48.7 Å². The molecule has 0 fully saturated rings. The summed E-state index contributed by atoms with van der Waals surface area (Å²) in [5, 5.41) is 38.5. The van der Waals surface area contributed by atoms with Crippen LogP contribution >= 0.6 is 16.9 Å². The SMILES string of the molecule is NC(=O)CCC(C(=O)O)C(O)(Cc1ccc2ccccc2c1)[PH2]=O.NC(=O)CCC(C(=O)O)C(O)(Cc1ccccc1-c1ccccc1)[PH2]=O. The first kappa shape index (κ1) is 39.8. The number of rotatable bonds is 17. The summed E-state index contributed by atoms with van der Waals surface area (Å²) in [5.41, 5.74) is 13.3. The van der Waals surface area contributed by atoms with Crippen molar-refractivity contribution in [3.63, 3.8) is 0 Å². The predicted molar refractivity (Wildman–Crippen MR) is 193 cm³/mol. The van der Waals surface area contributed by atoms with Gasteiger partial charge in [0.1, 0.15) is 10.7 Å². The molecule has 6 unspecified atom stereocenters. The van der Waals surface area contributed by atoms with E-state index in [-0.39, 0.29) is 38.5 Å². The summed E-state index contributed by atoms with van der Waals surface area (Å²) in [5.74, 6) is -6.56. The fourth-order valence-corrected chi connectivity index (χ4v) is 7.37. The Hall–Kier alpha value is -4.60. The molecule has 0 bridgehead atoms. The Morgan fingerprint density at radius 1 is 0.620 bits per heavy atom. The molecule has 0 aliphatic rings. The van der Waals surface area contributed by atoms with E-state index in [9.17, 15) is 48.7 Å². The third kappa shape index (κ3) is 11.0. The molecule has 4 aromatic rings. The second-order valence-corrected chi connectivity index (χ2v) is 14.5. The maximum atomic E-state index is 11.8. The molecule has 0 spiro atoms. The summed E-state index contributed by atoms with van der Waals surface area (Å²) < 4.78 is 23.5. The average Bonchev–Trinajstić information content (AvgIpc) is 3.08. The van der Waals surface area contributed by atoms with Gasteiger partial charge in [-0.2, -0.15) is 0 Å². The Morgan fingerprint density at radius 3 is 1.62 bits per heavy atom. The molecule has 0 saturated heterocycles. The molecule has 0 aliphatic carbocycles. The number of aliphatic carboxylic acids is 2. The molecule has 14 heteroatoms. The van der Waals surface area contributed by atoms with Gasteiger partial charge in [0.15, 0.2) is 0 Å². The van der Waals surface area contributed by atoms with Crippen molar-refractivity contribution >= 4 is 51.4 Å². The van der Waals surface area contributed by atoms with E-state index in [0.29, 0.717) is 11.1 Å². The van der Waals surface area contributed by atoms with Crippen molar-refractivity contribution in [1.82, 2.24) is 0 Å². The lowest BCUT2D eigenvalue weighted by Gasteiger charge is -2.30. The summed E-state index contributed by atoms with van der Waals surface area (Å²) >= 11 is 0.